The number of methoxy groups -OCH3 is 1. The van der Waals surface area contributed by atoms with E-state index in [1.54, 1.807) is 7.11 Å². The second-order valence-corrected chi connectivity index (χ2v) is 7.95. The summed E-state index contributed by atoms with van der Waals surface area (Å²) in [5.41, 5.74) is 1.28. The van der Waals surface area contributed by atoms with Crippen molar-refractivity contribution in [1.29, 1.82) is 0 Å². The number of nitrogens with one attached hydrogen (secondary N) is 2. The molecule has 2 saturated heterocycles. The van der Waals surface area contributed by atoms with Gasteiger partial charge in [0, 0.05) is 40.0 Å². The zero-order valence-corrected chi connectivity index (χ0v) is 18.6. The summed E-state index contributed by atoms with van der Waals surface area (Å²) >= 11 is 0. The number of hydrogen-bond donors (Lipinski definition) is 2. The Labute approximate surface area is 181 Å². The maximum absolute atomic E-state index is 5.94. The lowest BCUT2D eigenvalue weighted by Gasteiger charge is -2.29. The van der Waals surface area contributed by atoms with Crippen LogP contribution in [0.1, 0.15) is 43.7 Å². The van der Waals surface area contributed by atoms with E-state index in [0.717, 1.165) is 77.0 Å². The van der Waals surface area contributed by atoms with E-state index < -0.39 is 0 Å². The molecule has 1 aromatic carbocycles. The first-order valence-electron chi connectivity index (χ1n) is 11.3. The van der Waals surface area contributed by atoms with E-state index in [1.165, 1.54) is 18.4 Å². The van der Waals surface area contributed by atoms with Crippen LogP contribution in [-0.4, -0.2) is 77.1 Å². The Morgan fingerprint density at radius 3 is 2.77 bits per heavy atom. The number of nitrogens with zero attached hydrogens (tertiary/aromatic N) is 2. The summed E-state index contributed by atoms with van der Waals surface area (Å²) in [4.78, 5) is 6.95. The molecule has 2 aliphatic rings. The van der Waals surface area contributed by atoms with Crippen LogP contribution in [0.4, 0.5) is 0 Å². The highest BCUT2D eigenvalue weighted by Gasteiger charge is 2.24. The molecule has 1 atom stereocenters. The Kier molecular flexibility index (Phi) is 9.73. The molecule has 2 N–H and O–H groups in total. The number of guanidine groups is 1. The van der Waals surface area contributed by atoms with Crippen LogP contribution in [0, 0.1) is 0 Å². The number of aliphatic imine (C=N–C) groups is 1. The van der Waals surface area contributed by atoms with Gasteiger partial charge in [0.25, 0.3) is 0 Å². The normalized spacial score (nSPS) is 19.6. The fraction of sp³-hybridized carbons (Fsp3) is 0.696. The second-order valence-electron chi connectivity index (χ2n) is 7.95. The van der Waals surface area contributed by atoms with E-state index in [9.17, 15) is 0 Å². The highest BCUT2D eigenvalue weighted by molar-refractivity contribution is 5.79. The van der Waals surface area contributed by atoms with E-state index in [2.05, 4.69) is 38.7 Å². The number of likely N-dealkylation sites (tertiary alicyclic amines) is 1. The lowest BCUT2D eigenvalue weighted by atomic mass is 10.1. The number of benzene rings is 1. The van der Waals surface area contributed by atoms with Crippen LogP contribution >= 0.6 is 0 Å². The third-order valence-corrected chi connectivity index (χ3v) is 5.88. The van der Waals surface area contributed by atoms with Crippen LogP contribution in [-0.2, 0) is 9.47 Å². The van der Waals surface area contributed by atoms with Crippen molar-refractivity contribution in [2.45, 2.75) is 44.2 Å². The molecule has 1 aromatic rings. The van der Waals surface area contributed by atoms with Gasteiger partial charge in [0.05, 0.1) is 19.3 Å². The van der Waals surface area contributed by atoms with Crippen LogP contribution in [0.5, 0.6) is 5.75 Å². The number of rotatable bonds is 10. The molecule has 168 valence electrons. The third kappa shape index (κ3) is 7.15. The largest absolute Gasteiger partial charge is 0.497 e. The van der Waals surface area contributed by atoms with E-state index >= 15 is 0 Å². The smallest absolute Gasteiger partial charge is 0.191 e. The predicted molar refractivity (Wildman–Crippen MR) is 120 cm³/mol. The summed E-state index contributed by atoms with van der Waals surface area (Å²) in [6.45, 7) is 6.35. The molecule has 2 aliphatic heterocycles. The molecule has 30 heavy (non-hydrogen) atoms. The van der Waals surface area contributed by atoms with Gasteiger partial charge in [0.15, 0.2) is 5.96 Å². The first-order valence-corrected chi connectivity index (χ1v) is 11.3. The first kappa shape index (κ1) is 22.8. The van der Waals surface area contributed by atoms with Crippen LogP contribution < -0.4 is 15.4 Å². The summed E-state index contributed by atoms with van der Waals surface area (Å²) in [7, 11) is 3.55. The molecule has 0 spiro atoms. The molecule has 7 nitrogen and oxygen atoms in total. The average molecular weight is 419 g/mol. The zero-order chi connectivity index (χ0) is 21.0. The molecule has 2 heterocycles. The van der Waals surface area contributed by atoms with Gasteiger partial charge in [-0.3, -0.25) is 9.89 Å². The van der Waals surface area contributed by atoms with E-state index in [1.807, 2.05) is 13.1 Å². The lowest BCUT2D eigenvalue weighted by molar-refractivity contribution is -0.0320. The monoisotopic (exact) mass is 418 g/mol. The van der Waals surface area contributed by atoms with Gasteiger partial charge < -0.3 is 24.8 Å². The minimum absolute atomic E-state index is 0.304. The minimum Gasteiger partial charge on any atom is -0.497 e. The minimum atomic E-state index is 0.304. The van der Waals surface area contributed by atoms with E-state index in [0.29, 0.717) is 12.1 Å². The molecular weight excluding hydrogens is 380 g/mol. The van der Waals surface area contributed by atoms with Crippen LogP contribution in [0.15, 0.2) is 29.3 Å². The molecule has 0 saturated carbocycles. The quantitative estimate of drug-likeness (QED) is 0.346. The van der Waals surface area contributed by atoms with Crippen molar-refractivity contribution in [3.63, 3.8) is 0 Å². The molecule has 0 amide bonds. The van der Waals surface area contributed by atoms with Crippen molar-refractivity contribution < 1.29 is 14.2 Å². The second kappa shape index (κ2) is 12.8. The lowest BCUT2D eigenvalue weighted by Crippen LogP contribution is -2.43. The molecule has 7 heteroatoms. The van der Waals surface area contributed by atoms with Gasteiger partial charge in [0.1, 0.15) is 5.75 Å². The van der Waals surface area contributed by atoms with E-state index in [4.69, 9.17) is 14.2 Å². The summed E-state index contributed by atoms with van der Waals surface area (Å²) in [5, 5.41) is 6.94. The maximum atomic E-state index is 5.94. The summed E-state index contributed by atoms with van der Waals surface area (Å²) in [6.07, 6.45) is 5.88. The molecule has 1 unspecified atom stereocenters. The Morgan fingerprint density at radius 2 is 2.03 bits per heavy atom. The van der Waals surface area contributed by atoms with E-state index in [-0.39, 0.29) is 0 Å². The van der Waals surface area contributed by atoms with Crippen molar-refractivity contribution in [3.8, 4) is 5.75 Å². The van der Waals surface area contributed by atoms with Crippen LogP contribution in [0.25, 0.3) is 0 Å². The topological polar surface area (TPSA) is 67.4 Å². The predicted octanol–water partition coefficient (Wildman–Crippen LogP) is 2.58. The van der Waals surface area contributed by atoms with Crippen molar-refractivity contribution in [2.24, 2.45) is 4.99 Å². The van der Waals surface area contributed by atoms with Crippen LogP contribution in [0.3, 0.4) is 0 Å². The fourth-order valence-corrected chi connectivity index (χ4v) is 4.15. The van der Waals surface area contributed by atoms with Crippen molar-refractivity contribution in [3.05, 3.63) is 29.8 Å². The molecular formula is C23H38N4O3. The molecule has 0 bridgehead atoms. The Hall–Kier alpha value is -1.83. The SMILES string of the molecule is CN=C(NCCCOC1CCOCC1)NCC(c1cccc(OC)c1)N1CCCC1. The summed E-state index contributed by atoms with van der Waals surface area (Å²) in [6, 6.07) is 8.72. The number of ether oxygens (including phenoxy) is 3. The molecule has 2 fully saturated rings. The van der Waals surface area contributed by atoms with Gasteiger partial charge in [-0.15, -0.1) is 0 Å². The summed E-state index contributed by atoms with van der Waals surface area (Å²) in [5.74, 6) is 1.75. The van der Waals surface area contributed by atoms with Gasteiger partial charge in [-0.25, -0.2) is 0 Å². The van der Waals surface area contributed by atoms with Crippen molar-refractivity contribution >= 4 is 5.96 Å². The molecule has 0 aliphatic carbocycles. The van der Waals surface area contributed by atoms with Crippen molar-refractivity contribution in [1.82, 2.24) is 15.5 Å². The Morgan fingerprint density at radius 1 is 1.23 bits per heavy atom. The maximum Gasteiger partial charge on any atom is 0.191 e. The highest BCUT2D eigenvalue weighted by atomic mass is 16.5. The molecule has 0 radical (unpaired) electrons. The zero-order valence-electron chi connectivity index (χ0n) is 18.6. The first-order chi connectivity index (χ1) is 14.8. The fourth-order valence-electron chi connectivity index (χ4n) is 4.15. The van der Waals surface area contributed by atoms with Gasteiger partial charge in [-0.1, -0.05) is 12.1 Å². The highest BCUT2D eigenvalue weighted by Crippen LogP contribution is 2.27. The average Bonchev–Trinajstić information content (AvgIpc) is 3.33. The standard InChI is InChI=1S/C23H38N4O3/c1-24-23(25-11-6-14-30-20-9-15-29-16-10-20)26-18-22(27-12-3-4-13-27)19-7-5-8-21(17-19)28-2/h5,7-8,17,20,22H,3-4,6,9-16,18H2,1-2H3,(H2,24,25,26). The third-order valence-electron chi connectivity index (χ3n) is 5.88. The summed E-state index contributed by atoms with van der Waals surface area (Å²) < 4.78 is 16.8. The number of hydrogen-bond acceptors (Lipinski definition) is 5. The molecule has 3 rings (SSSR count). The van der Waals surface area contributed by atoms with Gasteiger partial charge in [-0.2, -0.15) is 0 Å². The Bertz CT molecular complexity index is 643. The van der Waals surface area contributed by atoms with Crippen LogP contribution in [0.2, 0.25) is 0 Å². The van der Waals surface area contributed by atoms with Gasteiger partial charge in [0.2, 0.25) is 0 Å². The Balaban J connectivity index is 1.44. The van der Waals surface area contributed by atoms with Crippen molar-refractivity contribution in [2.75, 3.05) is 60.2 Å². The van der Waals surface area contributed by atoms with Gasteiger partial charge >= 0.3 is 0 Å². The van der Waals surface area contributed by atoms with Gasteiger partial charge in [-0.05, 0) is 62.9 Å². The molecule has 0 aromatic heterocycles.